The van der Waals surface area contributed by atoms with Crippen LogP contribution >= 0.6 is 11.6 Å². The van der Waals surface area contributed by atoms with E-state index in [2.05, 4.69) is 10.6 Å². The minimum Gasteiger partial charge on any atom is -0.480 e. The van der Waals surface area contributed by atoms with Gasteiger partial charge < -0.3 is 15.7 Å². The molecule has 3 N–H and O–H groups in total. The number of anilines is 1. The molecule has 218 valence electrons. The van der Waals surface area contributed by atoms with Crippen molar-refractivity contribution in [1.29, 1.82) is 0 Å². The number of carbonyl (C=O) groups is 2. The van der Waals surface area contributed by atoms with Gasteiger partial charge >= 0.3 is 5.97 Å². The van der Waals surface area contributed by atoms with E-state index in [4.69, 9.17) is 11.6 Å². The van der Waals surface area contributed by atoms with Gasteiger partial charge in [0.15, 0.2) is 9.84 Å². The van der Waals surface area contributed by atoms with Crippen molar-refractivity contribution in [2.75, 3.05) is 11.6 Å². The number of amides is 1. The van der Waals surface area contributed by atoms with Gasteiger partial charge in [-0.2, -0.15) is 0 Å². The fourth-order valence-corrected chi connectivity index (χ4v) is 5.70. The van der Waals surface area contributed by atoms with E-state index in [-0.39, 0.29) is 16.9 Å². The first-order valence-electron chi connectivity index (χ1n) is 13.5. The Labute approximate surface area is 255 Å². The average molecular weight is 613 g/mol. The van der Waals surface area contributed by atoms with E-state index in [0.29, 0.717) is 22.8 Å². The molecule has 5 aromatic carbocycles. The molecule has 0 spiro atoms. The summed E-state index contributed by atoms with van der Waals surface area (Å²) in [5.41, 5.74) is 4.21. The van der Waals surface area contributed by atoms with Crippen LogP contribution in [0.4, 0.5) is 5.69 Å². The van der Waals surface area contributed by atoms with Crippen LogP contribution in [0.1, 0.15) is 21.5 Å². The van der Waals surface area contributed by atoms with Gasteiger partial charge in [0.2, 0.25) is 0 Å². The van der Waals surface area contributed by atoms with Crippen molar-refractivity contribution in [3.8, 4) is 11.1 Å². The van der Waals surface area contributed by atoms with Crippen LogP contribution in [0.25, 0.3) is 21.9 Å². The van der Waals surface area contributed by atoms with Crippen molar-refractivity contribution < 1.29 is 23.1 Å². The molecular formula is C34H29ClN2O5S. The van der Waals surface area contributed by atoms with Gasteiger partial charge in [-0.25, -0.2) is 13.2 Å². The maximum absolute atomic E-state index is 13.4. The monoisotopic (exact) mass is 612 g/mol. The number of sulfone groups is 1. The molecule has 0 aromatic heterocycles. The molecule has 0 fully saturated rings. The first kappa shape index (κ1) is 29.8. The number of rotatable bonds is 10. The Morgan fingerprint density at radius 2 is 1.49 bits per heavy atom. The molecule has 1 amide bonds. The Bertz CT molecular complexity index is 1900. The molecule has 43 heavy (non-hydrogen) atoms. The molecular weight excluding hydrogens is 584 g/mol. The third-order valence-electron chi connectivity index (χ3n) is 7.19. The summed E-state index contributed by atoms with van der Waals surface area (Å²) in [7, 11) is -3.29. The Morgan fingerprint density at radius 3 is 2.16 bits per heavy atom. The third kappa shape index (κ3) is 7.23. The molecule has 5 rings (SSSR count). The zero-order chi connectivity index (χ0) is 30.6. The highest BCUT2D eigenvalue weighted by Gasteiger charge is 2.23. The number of carboxylic acid groups (broad SMARTS) is 1. The zero-order valence-corrected chi connectivity index (χ0v) is 24.8. The van der Waals surface area contributed by atoms with E-state index >= 15 is 0 Å². The van der Waals surface area contributed by atoms with Gasteiger partial charge in [0, 0.05) is 29.9 Å². The topological polar surface area (TPSA) is 113 Å². The van der Waals surface area contributed by atoms with Crippen LogP contribution < -0.4 is 10.6 Å². The Hall–Kier alpha value is -4.66. The Morgan fingerprint density at radius 1 is 0.837 bits per heavy atom. The minimum absolute atomic E-state index is 0.0632. The van der Waals surface area contributed by atoms with Gasteiger partial charge in [0.25, 0.3) is 5.91 Å². The molecule has 5 aromatic rings. The highest BCUT2D eigenvalue weighted by atomic mass is 35.5. The predicted octanol–water partition coefficient (Wildman–Crippen LogP) is 6.60. The second kappa shape index (κ2) is 12.7. The third-order valence-corrected chi connectivity index (χ3v) is 8.55. The molecule has 7 nitrogen and oxygen atoms in total. The number of fused-ring (bicyclic) bond motifs is 1. The van der Waals surface area contributed by atoms with Gasteiger partial charge in [0.1, 0.15) is 6.04 Å². The lowest BCUT2D eigenvalue weighted by Gasteiger charge is -2.18. The number of nitrogens with one attached hydrogen (secondary N) is 2. The van der Waals surface area contributed by atoms with Crippen LogP contribution in [0.5, 0.6) is 0 Å². The van der Waals surface area contributed by atoms with E-state index in [1.54, 1.807) is 48.5 Å². The van der Waals surface area contributed by atoms with Crippen LogP contribution in [0.3, 0.4) is 0 Å². The largest absolute Gasteiger partial charge is 0.480 e. The number of hydrogen-bond acceptors (Lipinski definition) is 5. The number of hydrogen-bond donors (Lipinski definition) is 3. The molecule has 0 bridgehead atoms. The molecule has 0 heterocycles. The summed E-state index contributed by atoms with van der Waals surface area (Å²) < 4.78 is 23.5. The molecule has 0 radical (unpaired) electrons. The number of carboxylic acids is 1. The van der Waals surface area contributed by atoms with E-state index in [1.807, 2.05) is 54.6 Å². The lowest BCUT2D eigenvalue weighted by atomic mass is 10.0. The van der Waals surface area contributed by atoms with Crippen molar-refractivity contribution in [3.05, 3.63) is 131 Å². The average Bonchev–Trinajstić information content (AvgIpc) is 3.00. The Kier molecular flexibility index (Phi) is 8.80. The summed E-state index contributed by atoms with van der Waals surface area (Å²) in [6.45, 7) is 0.453. The predicted molar refractivity (Wildman–Crippen MR) is 170 cm³/mol. The molecule has 0 saturated carbocycles. The van der Waals surface area contributed by atoms with Crippen molar-refractivity contribution >= 4 is 49.8 Å². The molecule has 1 atom stereocenters. The molecule has 0 saturated heterocycles. The van der Waals surface area contributed by atoms with Crippen LogP contribution in [0, 0.1) is 0 Å². The van der Waals surface area contributed by atoms with Crippen LogP contribution in [0.2, 0.25) is 5.02 Å². The molecule has 0 aliphatic carbocycles. The first-order valence-corrected chi connectivity index (χ1v) is 15.8. The summed E-state index contributed by atoms with van der Waals surface area (Å²) in [6, 6.07) is 31.6. The standard InChI is InChI=1S/C34H29ClN2O5S/c1-43(41,42)28-16-13-24(14-17-28)23-11-9-22(10-12-23)19-32(34(39)40)37-33(38)30-20-27(35)15-18-31(30)36-21-26-7-4-6-25-5-2-3-8-29(25)26/h2-18,20,32,36H,19,21H2,1H3,(H,37,38)(H,39,40)/t32-/m0/s1. The number of aliphatic carboxylic acids is 1. The summed E-state index contributed by atoms with van der Waals surface area (Å²) in [5.74, 6) is -1.72. The summed E-state index contributed by atoms with van der Waals surface area (Å²) >= 11 is 6.23. The first-order chi connectivity index (χ1) is 20.6. The molecule has 0 unspecified atom stereocenters. The highest BCUT2D eigenvalue weighted by molar-refractivity contribution is 7.90. The van der Waals surface area contributed by atoms with Crippen molar-refractivity contribution in [2.24, 2.45) is 0 Å². The second-order valence-corrected chi connectivity index (χ2v) is 12.7. The fourth-order valence-electron chi connectivity index (χ4n) is 4.90. The van der Waals surface area contributed by atoms with E-state index in [9.17, 15) is 23.1 Å². The molecule has 0 aliphatic rings. The quantitative estimate of drug-likeness (QED) is 0.164. The number of carbonyl (C=O) groups excluding carboxylic acids is 1. The van der Waals surface area contributed by atoms with E-state index in [0.717, 1.165) is 33.7 Å². The maximum Gasteiger partial charge on any atom is 0.326 e. The minimum atomic E-state index is -3.29. The summed E-state index contributed by atoms with van der Waals surface area (Å²) in [4.78, 5) is 25.8. The van der Waals surface area contributed by atoms with Crippen LogP contribution in [-0.4, -0.2) is 37.7 Å². The van der Waals surface area contributed by atoms with Gasteiger partial charge in [-0.05, 0) is 63.4 Å². The van der Waals surface area contributed by atoms with Crippen molar-refractivity contribution in [1.82, 2.24) is 5.32 Å². The summed E-state index contributed by atoms with van der Waals surface area (Å²) in [5, 5.41) is 18.5. The maximum atomic E-state index is 13.4. The van der Waals surface area contributed by atoms with Crippen LogP contribution in [0.15, 0.2) is 114 Å². The molecule has 0 aliphatic heterocycles. The highest BCUT2D eigenvalue weighted by Crippen LogP contribution is 2.25. The van der Waals surface area contributed by atoms with Crippen LogP contribution in [-0.2, 0) is 27.6 Å². The van der Waals surface area contributed by atoms with Crippen molar-refractivity contribution in [3.63, 3.8) is 0 Å². The zero-order valence-electron chi connectivity index (χ0n) is 23.3. The lowest BCUT2D eigenvalue weighted by Crippen LogP contribution is -2.42. The van der Waals surface area contributed by atoms with E-state index in [1.165, 1.54) is 6.07 Å². The number of halogens is 1. The normalized spacial score (nSPS) is 12.0. The lowest BCUT2D eigenvalue weighted by molar-refractivity contribution is -0.139. The Balaban J connectivity index is 1.29. The second-order valence-electron chi connectivity index (χ2n) is 10.2. The number of benzene rings is 5. The van der Waals surface area contributed by atoms with Gasteiger partial charge in [-0.15, -0.1) is 0 Å². The van der Waals surface area contributed by atoms with Gasteiger partial charge in [0.05, 0.1) is 10.5 Å². The van der Waals surface area contributed by atoms with E-state index < -0.39 is 27.8 Å². The fraction of sp³-hybridized carbons (Fsp3) is 0.118. The van der Waals surface area contributed by atoms with Gasteiger partial charge in [-0.3, -0.25) is 4.79 Å². The summed E-state index contributed by atoms with van der Waals surface area (Å²) in [6.07, 6.45) is 1.22. The molecule has 9 heteroatoms. The van der Waals surface area contributed by atoms with Gasteiger partial charge in [-0.1, -0.05) is 90.5 Å². The smallest absolute Gasteiger partial charge is 0.326 e. The van der Waals surface area contributed by atoms with Crippen molar-refractivity contribution in [2.45, 2.75) is 23.9 Å². The SMILES string of the molecule is CS(=O)(=O)c1ccc(-c2ccc(C[C@H](NC(=O)c3cc(Cl)ccc3NCc3cccc4ccccc34)C(=O)O)cc2)cc1.